The molecular formula is C16H18N4O3. The van der Waals surface area contributed by atoms with Gasteiger partial charge in [0, 0.05) is 18.5 Å². The van der Waals surface area contributed by atoms with Gasteiger partial charge < -0.3 is 20.9 Å². The molecule has 1 aromatic carbocycles. The zero-order valence-corrected chi connectivity index (χ0v) is 12.7. The number of anilines is 2. The van der Waals surface area contributed by atoms with Gasteiger partial charge in [-0.1, -0.05) is 17.3 Å². The molecule has 23 heavy (non-hydrogen) atoms. The summed E-state index contributed by atoms with van der Waals surface area (Å²) in [6.07, 6.45) is 2.74. The zero-order chi connectivity index (χ0) is 16.4. The molecule has 7 nitrogen and oxygen atoms in total. The van der Waals surface area contributed by atoms with Crippen LogP contribution in [0.25, 0.3) is 0 Å². The number of aromatic nitrogens is 1. The van der Waals surface area contributed by atoms with Crippen LogP contribution in [0.1, 0.15) is 34.8 Å². The standard InChI is InChI=1S/C16H18N4O3/c1-18-12-4-2-3-5-13(12)19-16(22)10-6-9(7-10)11-8-23-20-14(11)15(17)21/h2-5,8-10,18H,6-7H2,1H3,(H2,17,21)(H,19,22). The first kappa shape index (κ1) is 15.1. The van der Waals surface area contributed by atoms with Crippen LogP contribution in [-0.4, -0.2) is 24.0 Å². The van der Waals surface area contributed by atoms with Crippen molar-refractivity contribution in [1.82, 2.24) is 5.16 Å². The molecule has 3 rings (SSSR count). The molecule has 1 fully saturated rings. The minimum absolute atomic E-state index is 0.0268. The van der Waals surface area contributed by atoms with Crippen LogP contribution < -0.4 is 16.4 Å². The van der Waals surface area contributed by atoms with Crippen molar-refractivity contribution in [2.45, 2.75) is 18.8 Å². The maximum absolute atomic E-state index is 12.3. The van der Waals surface area contributed by atoms with Crippen molar-refractivity contribution in [3.63, 3.8) is 0 Å². The summed E-state index contributed by atoms with van der Waals surface area (Å²) in [6, 6.07) is 7.52. The highest BCUT2D eigenvalue weighted by Gasteiger charge is 2.38. The van der Waals surface area contributed by atoms with Gasteiger partial charge in [-0.2, -0.15) is 0 Å². The fraction of sp³-hybridized carbons (Fsp3) is 0.312. The van der Waals surface area contributed by atoms with Gasteiger partial charge in [0.1, 0.15) is 6.26 Å². The Morgan fingerprint density at radius 3 is 2.61 bits per heavy atom. The molecule has 0 atom stereocenters. The third-order valence-corrected chi connectivity index (χ3v) is 4.23. The molecule has 0 aliphatic heterocycles. The summed E-state index contributed by atoms with van der Waals surface area (Å²) in [5.74, 6) is -0.648. The number of nitrogens with two attached hydrogens (primary N) is 1. The van der Waals surface area contributed by atoms with Crippen molar-refractivity contribution in [2.75, 3.05) is 17.7 Å². The van der Waals surface area contributed by atoms with Crippen LogP contribution >= 0.6 is 0 Å². The van der Waals surface area contributed by atoms with Gasteiger partial charge in [-0.25, -0.2) is 0 Å². The van der Waals surface area contributed by atoms with Crippen LogP contribution in [0.5, 0.6) is 0 Å². The van der Waals surface area contributed by atoms with Crippen LogP contribution in [0.15, 0.2) is 35.1 Å². The van der Waals surface area contributed by atoms with Crippen LogP contribution in [0.4, 0.5) is 11.4 Å². The lowest BCUT2D eigenvalue weighted by Crippen LogP contribution is -2.34. The van der Waals surface area contributed by atoms with Crippen molar-refractivity contribution < 1.29 is 14.1 Å². The highest BCUT2D eigenvalue weighted by molar-refractivity contribution is 5.96. The van der Waals surface area contributed by atoms with Crippen molar-refractivity contribution in [2.24, 2.45) is 11.7 Å². The van der Waals surface area contributed by atoms with Gasteiger partial charge in [0.25, 0.3) is 5.91 Å². The SMILES string of the molecule is CNc1ccccc1NC(=O)C1CC(c2conc2C(N)=O)C1. The predicted octanol–water partition coefficient (Wildman–Crippen LogP) is 1.95. The molecule has 2 aromatic rings. The summed E-state index contributed by atoms with van der Waals surface area (Å²) in [4.78, 5) is 23.6. The normalized spacial score (nSPS) is 19.7. The average Bonchev–Trinajstić information content (AvgIpc) is 2.95. The van der Waals surface area contributed by atoms with Gasteiger partial charge in [-0.15, -0.1) is 0 Å². The summed E-state index contributed by atoms with van der Waals surface area (Å²) in [7, 11) is 1.81. The monoisotopic (exact) mass is 314 g/mol. The Morgan fingerprint density at radius 1 is 1.26 bits per heavy atom. The third kappa shape index (κ3) is 2.90. The predicted molar refractivity (Wildman–Crippen MR) is 85.1 cm³/mol. The lowest BCUT2D eigenvalue weighted by atomic mass is 9.71. The molecule has 0 saturated heterocycles. The van der Waals surface area contributed by atoms with E-state index >= 15 is 0 Å². The van der Waals surface area contributed by atoms with Gasteiger partial charge in [0.05, 0.1) is 11.4 Å². The number of primary amides is 1. The van der Waals surface area contributed by atoms with Gasteiger partial charge >= 0.3 is 0 Å². The number of amides is 2. The number of carbonyl (C=O) groups is 2. The molecular weight excluding hydrogens is 296 g/mol. The average molecular weight is 314 g/mol. The highest BCUT2D eigenvalue weighted by atomic mass is 16.5. The molecule has 120 valence electrons. The number of hydrogen-bond acceptors (Lipinski definition) is 5. The number of hydrogen-bond donors (Lipinski definition) is 3. The van der Waals surface area contributed by atoms with Crippen LogP contribution in [0.3, 0.4) is 0 Å². The molecule has 1 heterocycles. The van der Waals surface area contributed by atoms with E-state index in [2.05, 4.69) is 15.8 Å². The van der Waals surface area contributed by atoms with Gasteiger partial charge in [-0.05, 0) is 30.9 Å². The molecule has 7 heteroatoms. The molecule has 0 spiro atoms. The summed E-state index contributed by atoms with van der Waals surface area (Å²) >= 11 is 0. The summed E-state index contributed by atoms with van der Waals surface area (Å²) in [6.45, 7) is 0. The third-order valence-electron chi connectivity index (χ3n) is 4.23. The Bertz CT molecular complexity index is 734. The van der Waals surface area contributed by atoms with E-state index in [1.807, 2.05) is 31.3 Å². The van der Waals surface area contributed by atoms with E-state index in [1.54, 1.807) is 0 Å². The summed E-state index contributed by atoms with van der Waals surface area (Å²) in [5, 5.41) is 9.60. The molecule has 1 aliphatic rings. The second-order valence-corrected chi connectivity index (χ2v) is 5.63. The first-order valence-electron chi connectivity index (χ1n) is 7.42. The first-order chi connectivity index (χ1) is 11.1. The molecule has 2 amide bonds. The Kier molecular flexibility index (Phi) is 4.01. The summed E-state index contributed by atoms with van der Waals surface area (Å²) in [5.41, 5.74) is 7.73. The van der Waals surface area contributed by atoms with Crippen LogP contribution in [-0.2, 0) is 4.79 Å². The molecule has 0 bridgehead atoms. The lowest BCUT2D eigenvalue weighted by molar-refractivity contribution is -0.122. The lowest BCUT2D eigenvalue weighted by Gasteiger charge is -2.33. The van der Waals surface area contributed by atoms with Crippen LogP contribution in [0, 0.1) is 5.92 Å². The molecule has 0 unspecified atom stereocenters. The number of nitrogens with zero attached hydrogens (tertiary/aromatic N) is 1. The number of carbonyl (C=O) groups excluding carboxylic acids is 2. The Morgan fingerprint density at radius 2 is 1.96 bits per heavy atom. The van der Waals surface area contributed by atoms with Gasteiger partial charge in [-0.3, -0.25) is 9.59 Å². The smallest absolute Gasteiger partial charge is 0.271 e. The Hall–Kier alpha value is -2.83. The Labute approximate surface area is 133 Å². The fourth-order valence-electron chi connectivity index (χ4n) is 2.85. The maximum atomic E-state index is 12.3. The van der Waals surface area contributed by atoms with E-state index in [0.717, 1.165) is 11.4 Å². The van der Waals surface area contributed by atoms with E-state index in [1.165, 1.54) is 6.26 Å². The van der Waals surface area contributed by atoms with E-state index in [-0.39, 0.29) is 23.4 Å². The van der Waals surface area contributed by atoms with Gasteiger partial charge in [0.2, 0.25) is 5.91 Å². The van der Waals surface area contributed by atoms with E-state index in [4.69, 9.17) is 10.3 Å². The fourth-order valence-corrected chi connectivity index (χ4v) is 2.85. The maximum Gasteiger partial charge on any atom is 0.271 e. The van der Waals surface area contributed by atoms with Crippen LogP contribution in [0.2, 0.25) is 0 Å². The Balaban J connectivity index is 1.62. The zero-order valence-electron chi connectivity index (χ0n) is 12.7. The highest BCUT2D eigenvalue weighted by Crippen LogP contribution is 2.43. The number of nitrogens with one attached hydrogen (secondary N) is 2. The molecule has 1 saturated carbocycles. The van der Waals surface area contributed by atoms with Crippen molar-refractivity contribution in [3.8, 4) is 0 Å². The minimum atomic E-state index is -0.607. The quantitative estimate of drug-likeness (QED) is 0.781. The van der Waals surface area contributed by atoms with E-state index in [0.29, 0.717) is 18.4 Å². The van der Waals surface area contributed by atoms with Crippen molar-refractivity contribution >= 4 is 23.2 Å². The second kappa shape index (κ2) is 6.12. The molecule has 1 aromatic heterocycles. The topological polar surface area (TPSA) is 110 Å². The van der Waals surface area contributed by atoms with Crippen molar-refractivity contribution in [1.29, 1.82) is 0 Å². The summed E-state index contributed by atoms with van der Waals surface area (Å²) < 4.78 is 4.83. The van der Waals surface area contributed by atoms with Gasteiger partial charge in [0.15, 0.2) is 5.69 Å². The molecule has 4 N–H and O–H groups in total. The minimum Gasteiger partial charge on any atom is -0.386 e. The van der Waals surface area contributed by atoms with Crippen molar-refractivity contribution in [3.05, 3.63) is 41.8 Å². The first-order valence-corrected chi connectivity index (χ1v) is 7.42. The molecule has 1 aliphatic carbocycles. The number of benzene rings is 1. The van der Waals surface area contributed by atoms with E-state index < -0.39 is 5.91 Å². The largest absolute Gasteiger partial charge is 0.386 e. The molecule has 0 radical (unpaired) electrons. The second-order valence-electron chi connectivity index (χ2n) is 5.63. The number of para-hydroxylation sites is 2. The van der Waals surface area contributed by atoms with E-state index in [9.17, 15) is 9.59 Å². The number of rotatable bonds is 5.